The maximum Gasteiger partial charge on any atom is 0.321 e. The summed E-state index contributed by atoms with van der Waals surface area (Å²) in [5.41, 5.74) is -1.70. The molecule has 112 valence electrons. The number of allylic oxidation sites excluding steroid dienone is 3. The highest BCUT2D eigenvalue weighted by Crippen LogP contribution is 2.49. The van der Waals surface area contributed by atoms with E-state index in [2.05, 4.69) is 4.74 Å². The second-order valence-corrected chi connectivity index (χ2v) is 5.16. The molecule has 0 N–H and O–H groups in total. The number of ether oxygens (including phenoxy) is 2. The lowest BCUT2D eigenvalue weighted by Crippen LogP contribution is -2.59. The van der Waals surface area contributed by atoms with Crippen LogP contribution in [0.15, 0.2) is 24.3 Å². The summed E-state index contributed by atoms with van der Waals surface area (Å²) >= 11 is 0. The van der Waals surface area contributed by atoms with Crippen LogP contribution in [-0.2, 0) is 28.7 Å². The molecular formula is C15H16O6. The molecule has 0 heterocycles. The van der Waals surface area contributed by atoms with Crippen LogP contribution in [0.25, 0.3) is 0 Å². The van der Waals surface area contributed by atoms with E-state index in [-0.39, 0.29) is 0 Å². The van der Waals surface area contributed by atoms with E-state index in [1.807, 2.05) is 0 Å². The van der Waals surface area contributed by atoms with Crippen LogP contribution >= 0.6 is 0 Å². The van der Waals surface area contributed by atoms with Gasteiger partial charge in [-0.15, -0.1) is 0 Å². The van der Waals surface area contributed by atoms with E-state index in [4.69, 9.17) is 4.74 Å². The lowest BCUT2D eigenvalue weighted by atomic mass is 9.54. The topological polar surface area (TPSA) is 86.7 Å². The van der Waals surface area contributed by atoms with E-state index in [1.54, 1.807) is 13.0 Å². The predicted molar refractivity (Wildman–Crippen MR) is 70.9 cm³/mol. The molecule has 0 amide bonds. The first kappa shape index (κ1) is 15.2. The Kier molecular flexibility index (Phi) is 3.80. The third kappa shape index (κ3) is 1.93. The lowest BCUT2D eigenvalue weighted by Gasteiger charge is -2.44. The predicted octanol–water partition coefficient (Wildman–Crippen LogP) is 0.465. The molecular weight excluding hydrogens is 276 g/mol. The average Bonchev–Trinajstić information content (AvgIpc) is 2.49. The standard InChI is InChI=1S/C15H16O6/c1-8-4-5-9(13(18)20-2)12-10(16)6-7-11(17)15(8,12)14(19)21-3/h4-9,12H,1-3H3/t8-,9+,12-,15-/m1/s1. The molecule has 4 atom stereocenters. The van der Waals surface area contributed by atoms with E-state index in [0.29, 0.717) is 0 Å². The Hall–Kier alpha value is -2.24. The van der Waals surface area contributed by atoms with Gasteiger partial charge in [-0.1, -0.05) is 19.1 Å². The van der Waals surface area contributed by atoms with Gasteiger partial charge in [0.2, 0.25) is 0 Å². The average molecular weight is 292 g/mol. The molecule has 6 nitrogen and oxygen atoms in total. The van der Waals surface area contributed by atoms with Crippen molar-refractivity contribution < 1.29 is 28.7 Å². The molecule has 0 saturated heterocycles. The molecule has 0 radical (unpaired) electrons. The monoisotopic (exact) mass is 292 g/mol. The second kappa shape index (κ2) is 5.27. The van der Waals surface area contributed by atoms with Crippen molar-refractivity contribution >= 4 is 23.5 Å². The molecule has 6 heteroatoms. The molecule has 2 aliphatic carbocycles. The van der Waals surface area contributed by atoms with Gasteiger partial charge in [-0.25, -0.2) is 0 Å². The summed E-state index contributed by atoms with van der Waals surface area (Å²) in [6, 6.07) is 0. The fraction of sp³-hybridized carbons (Fsp3) is 0.467. The van der Waals surface area contributed by atoms with Crippen molar-refractivity contribution in [3.8, 4) is 0 Å². The smallest absolute Gasteiger partial charge is 0.321 e. The minimum Gasteiger partial charge on any atom is -0.469 e. The van der Waals surface area contributed by atoms with Crippen LogP contribution in [0.2, 0.25) is 0 Å². The van der Waals surface area contributed by atoms with Crippen LogP contribution in [-0.4, -0.2) is 37.7 Å². The van der Waals surface area contributed by atoms with Crippen molar-refractivity contribution in [2.24, 2.45) is 23.2 Å². The van der Waals surface area contributed by atoms with Crippen molar-refractivity contribution in [2.45, 2.75) is 6.92 Å². The zero-order chi connectivity index (χ0) is 15.8. The van der Waals surface area contributed by atoms with Crippen molar-refractivity contribution in [3.63, 3.8) is 0 Å². The van der Waals surface area contributed by atoms with E-state index < -0.39 is 46.7 Å². The third-order valence-electron chi connectivity index (χ3n) is 4.28. The first-order valence-corrected chi connectivity index (χ1v) is 6.52. The molecule has 21 heavy (non-hydrogen) atoms. The van der Waals surface area contributed by atoms with Crippen molar-refractivity contribution in [2.75, 3.05) is 14.2 Å². The first-order valence-electron chi connectivity index (χ1n) is 6.52. The van der Waals surface area contributed by atoms with Gasteiger partial charge in [0, 0.05) is 0 Å². The van der Waals surface area contributed by atoms with E-state index in [0.717, 1.165) is 19.3 Å². The Morgan fingerprint density at radius 2 is 1.76 bits per heavy atom. The maximum absolute atomic E-state index is 12.4. The van der Waals surface area contributed by atoms with Crippen molar-refractivity contribution in [1.29, 1.82) is 0 Å². The van der Waals surface area contributed by atoms with Gasteiger partial charge >= 0.3 is 11.9 Å². The molecule has 0 aromatic rings. The summed E-state index contributed by atoms with van der Waals surface area (Å²) < 4.78 is 9.45. The quantitative estimate of drug-likeness (QED) is 0.417. The Morgan fingerprint density at radius 3 is 2.33 bits per heavy atom. The molecule has 2 aliphatic rings. The van der Waals surface area contributed by atoms with Crippen LogP contribution in [0, 0.1) is 23.2 Å². The molecule has 0 saturated carbocycles. The largest absolute Gasteiger partial charge is 0.469 e. The summed E-state index contributed by atoms with van der Waals surface area (Å²) in [6.45, 7) is 1.65. The minimum absolute atomic E-state index is 0.452. The van der Waals surface area contributed by atoms with Crippen molar-refractivity contribution in [3.05, 3.63) is 24.3 Å². The Bertz CT molecular complexity index is 573. The van der Waals surface area contributed by atoms with Crippen LogP contribution in [0.3, 0.4) is 0 Å². The maximum atomic E-state index is 12.4. The van der Waals surface area contributed by atoms with Gasteiger partial charge in [-0.3, -0.25) is 19.2 Å². The molecule has 0 aromatic carbocycles. The number of methoxy groups -OCH3 is 2. The van der Waals surface area contributed by atoms with Crippen LogP contribution < -0.4 is 0 Å². The fourth-order valence-corrected chi connectivity index (χ4v) is 3.23. The number of rotatable bonds is 2. The SMILES string of the molecule is COC(=O)[C@H]1C=C[C@@H](C)[C@@]2(C(=O)OC)C(=O)C=CC(=O)[C@@H]12. The highest BCUT2D eigenvalue weighted by atomic mass is 16.5. The van der Waals surface area contributed by atoms with Crippen LogP contribution in [0.4, 0.5) is 0 Å². The minimum atomic E-state index is -1.70. The molecule has 0 fully saturated rings. The zero-order valence-electron chi connectivity index (χ0n) is 12.0. The van der Waals surface area contributed by atoms with Crippen LogP contribution in [0.5, 0.6) is 0 Å². The fourth-order valence-electron chi connectivity index (χ4n) is 3.23. The number of ketones is 2. The molecule has 0 unspecified atom stereocenters. The molecule has 0 bridgehead atoms. The molecule has 0 aliphatic heterocycles. The number of hydrogen-bond acceptors (Lipinski definition) is 6. The summed E-state index contributed by atoms with van der Waals surface area (Å²) in [5, 5.41) is 0. The zero-order valence-corrected chi connectivity index (χ0v) is 12.0. The third-order valence-corrected chi connectivity index (χ3v) is 4.28. The number of carbonyl (C=O) groups excluding carboxylic acids is 4. The summed E-state index contributed by atoms with van der Waals surface area (Å²) in [6.07, 6.45) is 5.29. The van der Waals surface area contributed by atoms with Gasteiger partial charge in [-0.05, 0) is 18.1 Å². The number of hydrogen-bond donors (Lipinski definition) is 0. The Balaban J connectivity index is 2.69. The normalized spacial score (nSPS) is 34.3. The van der Waals surface area contributed by atoms with Crippen molar-refractivity contribution in [1.82, 2.24) is 0 Å². The summed E-state index contributed by atoms with van der Waals surface area (Å²) in [4.78, 5) is 49.0. The molecule has 0 spiro atoms. The number of carbonyl (C=O) groups is 4. The van der Waals surface area contributed by atoms with Gasteiger partial charge in [0.25, 0.3) is 0 Å². The number of esters is 2. The molecule has 2 rings (SSSR count). The van der Waals surface area contributed by atoms with Gasteiger partial charge in [-0.2, -0.15) is 0 Å². The van der Waals surface area contributed by atoms with Gasteiger partial charge < -0.3 is 9.47 Å². The van der Waals surface area contributed by atoms with Gasteiger partial charge in [0.15, 0.2) is 11.6 Å². The van der Waals surface area contributed by atoms with Gasteiger partial charge in [0.1, 0.15) is 5.41 Å². The highest BCUT2D eigenvalue weighted by Gasteiger charge is 2.63. The summed E-state index contributed by atoms with van der Waals surface area (Å²) in [5.74, 6) is -5.11. The number of fused-ring (bicyclic) bond motifs is 1. The lowest BCUT2D eigenvalue weighted by molar-refractivity contribution is -0.171. The van der Waals surface area contributed by atoms with Gasteiger partial charge in [0.05, 0.1) is 26.1 Å². The van der Waals surface area contributed by atoms with E-state index >= 15 is 0 Å². The Labute approximate surface area is 121 Å². The summed E-state index contributed by atoms with van der Waals surface area (Å²) in [7, 11) is 2.35. The van der Waals surface area contributed by atoms with E-state index in [9.17, 15) is 19.2 Å². The molecule has 0 aromatic heterocycles. The van der Waals surface area contributed by atoms with E-state index in [1.165, 1.54) is 13.2 Å². The van der Waals surface area contributed by atoms with Crippen LogP contribution in [0.1, 0.15) is 6.92 Å². The highest BCUT2D eigenvalue weighted by molar-refractivity contribution is 6.19. The second-order valence-electron chi connectivity index (χ2n) is 5.16. The Morgan fingerprint density at radius 1 is 1.10 bits per heavy atom. The first-order chi connectivity index (χ1) is 9.91.